The Kier molecular flexibility index (Phi) is 8.72. The van der Waals surface area contributed by atoms with Crippen LogP contribution >= 0.6 is 0 Å². The van der Waals surface area contributed by atoms with Crippen molar-refractivity contribution >= 4 is 17.5 Å². The molecule has 3 aromatic heterocycles. The molecule has 0 saturated heterocycles. The predicted molar refractivity (Wildman–Crippen MR) is 118 cm³/mol. The summed E-state index contributed by atoms with van der Waals surface area (Å²) in [5.41, 5.74) is 3.50. The van der Waals surface area contributed by atoms with Crippen molar-refractivity contribution < 1.29 is 0 Å². The minimum absolute atomic E-state index is 0.910. The van der Waals surface area contributed by atoms with E-state index >= 15 is 0 Å². The van der Waals surface area contributed by atoms with Gasteiger partial charge in [0, 0.05) is 38.2 Å². The van der Waals surface area contributed by atoms with Crippen molar-refractivity contribution in [2.75, 3.05) is 36.6 Å². The molecule has 3 aromatic rings. The van der Waals surface area contributed by atoms with Gasteiger partial charge in [0.1, 0.15) is 17.5 Å². The van der Waals surface area contributed by atoms with Crippen molar-refractivity contribution in [2.24, 2.45) is 0 Å². The van der Waals surface area contributed by atoms with E-state index < -0.39 is 0 Å². The van der Waals surface area contributed by atoms with Crippen molar-refractivity contribution in [3.05, 3.63) is 71.7 Å². The van der Waals surface area contributed by atoms with Crippen LogP contribution in [0.5, 0.6) is 0 Å². The van der Waals surface area contributed by atoms with Gasteiger partial charge in [-0.05, 0) is 62.6 Å². The lowest BCUT2D eigenvalue weighted by Gasteiger charge is -2.16. The zero-order valence-electron chi connectivity index (χ0n) is 17.2. The molecule has 0 aliphatic carbocycles. The third-order valence-electron chi connectivity index (χ3n) is 4.10. The van der Waals surface area contributed by atoms with Crippen LogP contribution in [-0.2, 0) is 6.42 Å². The van der Waals surface area contributed by atoms with Crippen LogP contribution in [0.1, 0.15) is 23.4 Å². The Morgan fingerprint density at radius 1 is 0.821 bits per heavy atom. The fraction of sp³-hybridized carbons (Fsp3) is 0.318. The van der Waals surface area contributed by atoms with Crippen LogP contribution in [0, 0.1) is 13.8 Å². The predicted octanol–water partition coefficient (Wildman–Crippen LogP) is 4.30. The summed E-state index contributed by atoms with van der Waals surface area (Å²) in [6.07, 6.45) is 4.17. The van der Waals surface area contributed by atoms with Crippen molar-refractivity contribution in [2.45, 2.75) is 26.7 Å². The Balaban J connectivity index is 0.000000153. The third-order valence-corrected chi connectivity index (χ3v) is 4.10. The Bertz CT molecular complexity index is 835. The number of nitrogens with zero attached hydrogens (tertiary/aromatic N) is 3. The molecule has 0 atom stereocenters. The molecule has 3 N–H and O–H groups in total. The summed E-state index contributed by atoms with van der Waals surface area (Å²) in [6.45, 7) is 5.07. The zero-order valence-corrected chi connectivity index (χ0v) is 17.2. The molecule has 0 saturated carbocycles. The number of aromatic nitrogens is 3. The summed E-state index contributed by atoms with van der Waals surface area (Å²) in [5.74, 6) is 2.93. The first kappa shape index (κ1) is 21.2. The number of hydrogen-bond donors (Lipinski definition) is 3. The first-order valence-corrected chi connectivity index (χ1v) is 9.53. The van der Waals surface area contributed by atoms with Gasteiger partial charge in [-0.25, -0.2) is 15.0 Å². The highest BCUT2D eigenvalue weighted by Crippen LogP contribution is 2.18. The maximum Gasteiger partial charge on any atom is 0.129 e. The van der Waals surface area contributed by atoms with Crippen molar-refractivity contribution in [1.29, 1.82) is 0 Å². The van der Waals surface area contributed by atoms with Gasteiger partial charge in [0.15, 0.2) is 0 Å². The van der Waals surface area contributed by atoms with Gasteiger partial charge in [-0.2, -0.15) is 0 Å². The standard InChI is InChI=1S/C9H12N2.C7H10N2.C6H8N2/c1-7-4-5-8-3-2-6-10-9(8)11-7;1-6-4-3-5-7(8-2)9-6;1-7-6-4-2-3-5-8-6/h4-5H,2-3,6H2,1H3,(H,10,11);3-5H,1-2H3,(H,8,9);2-5H,1H3,(H,7,8). The Hall–Kier alpha value is -3.15. The third kappa shape index (κ3) is 7.23. The highest BCUT2D eigenvalue weighted by molar-refractivity contribution is 5.46. The van der Waals surface area contributed by atoms with E-state index in [9.17, 15) is 0 Å². The highest BCUT2D eigenvalue weighted by atomic mass is 15.0. The molecule has 28 heavy (non-hydrogen) atoms. The van der Waals surface area contributed by atoms with Gasteiger partial charge in [-0.1, -0.05) is 18.2 Å². The van der Waals surface area contributed by atoms with Gasteiger partial charge in [0.05, 0.1) is 0 Å². The Labute approximate surface area is 167 Å². The van der Waals surface area contributed by atoms with E-state index in [0.717, 1.165) is 35.4 Å². The summed E-state index contributed by atoms with van der Waals surface area (Å²) in [4.78, 5) is 12.6. The molecule has 0 spiro atoms. The average molecular weight is 379 g/mol. The molecular weight excluding hydrogens is 348 g/mol. The molecular formula is C22H30N6. The van der Waals surface area contributed by atoms with Crippen LogP contribution in [0.4, 0.5) is 17.5 Å². The number of pyridine rings is 3. The van der Waals surface area contributed by atoms with E-state index in [4.69, 9.17) is 0 Å². The van der Waals surface area contributed by atoms with Crippen LogP contribution in [0.25, 0.3) is 0 Å². The van der Waals surface area contributed by atoms with E-state index in [1.54, 1.807) is 6.20 Å². The molecule has 1 aliphatic rings. The van der Waals surface area contributed by atoms with E-state index in [2.05, 4.69) is 43.0 Å². The minimum Gasteiger partial charge on any atom is -0.373 e. The quantitative estimate of drug-likeness (QED) is 0.617. The Morgan fingerprint density at radius 3 is 2.18 bits per heavy atom. The summed E-state index contributed by atoms with van der Waals surface area (Å²) >= 11 is 0. The summed E-state index contributed by atoms with van der Waals surface area (Å²) in [5, 5.41) is 9.16. The van der Waals surface area contributed by atoms with E-state index in [0.29, 0.717) is 0 Å². The molecule has 4 rings (SSSR count). The first-order valence-electron chi connectivity index (χ1n) is 9.53. The number of anilines is 3. The van der Waals surface area contributed by atoms with Crippen molar-refractivity contribution in [3.63, 3.8) is 0 Å². The summed E-state index contributed by atoms with van der Waals surface area (Å²) in [6, 6.07) is 15.9. The maximum atomic E-state index is 4.40. The van der Waals surface area contributed by atoms with Crippen LogP contribution in [0.3, 0.4) is 0 Å². The zero-order chi connectivity index (χ0) is 20.2. The fourth-order valence-electron chi connectivity index (χ4n) is 2.62. The van der Waals surface area contributed by atoms with Gasteiger partial charge in [-0.3, -0.25) is 0 Å². The van der Waals surface area contributed by atoms with Crippen LogP contribution in [-0.4, -0.2) is 35.6 Å². The van der Waals surface area contributed by atoms with Crippen molar-refractivity contribution in [3.8, 4) is 0 Å². The molecule has 0 radical (unpaired) electrons. The second-order valence-electron chi connectivity index (χ2n) is 6.37. The molecule has 0 fully saturated rings. The molecule has 0 unspecified atom stereocenters. The van der Waals surface area contributed by atoms with Crippen molar-refractivity contribution in [1.82, 2.24) is 15.0 Å². The number of nitrogens with one attached hydrogen (secondary N) is 3. The molecule has 6 nitrogen and oxygen atoms in total. The molecule has 6 heteroatoms. The SMILES string of the molecule is CNc1cccc(C)n1.CNc1ccccn1.Cc1ccc2c(n1)NCCC2. The van der Waals surface area contributed by atoms with Crippen LogP contribution in [0.2, 0.25) is 0 Å². The minimum atomic E-state index is 0.910. The van der Waals surface area contributed by atoms with Gasteiger partial charge in [-0.15, -0.1) is 0 Å². The van der Waals surface area contributed by atoms with Gasteiger partial charge < -0.3 is 16.0 Å². The second kappa shape index (κ2) is 11.5. The van der Waals surface area contributed by atoms with E-state index in [-0.39, 0.29) is 0 Å². The lowest BCUT2D eigenvalue weighted by Crippen LogP contribution is -2.13. The Morgan fingerprint density at radius 2 is 1.57 bits per heavy atom. The monoisotopic (exact) mass is 378 g/mol. The van der Waals surface area contributed by atoms with Gasteiger partial charge in [0.2, 0.25) is 0 Å². The van der Waals surface area contributed by atoms with E-state index in [1.165, 1.54) is 18.4 Å². The maximum absolute atomic E-state index is 4.40. The topological polar surface area (TPSA) is 74.8 Å². The molecule has 0 aromatic carbocycles. The number of hydrogen-bond acceptors (Lipinski definition) is 6. The number of rotatable bonds is 2. The molecule has 1 aliphatic heterocycles. The van der Waals surface area contributed by atoms with Gasteiger partial charge >= 0.3 is 0 Å². The lowest BCUT2D eigenvalue weighted by molar-refractivity contribution is 0.815. The average Bonchev–Trinajstić information content (AvgIpc) is 2.75. The number of fused-ring (bicyclic) bond motifs is 1. The molecule has 148 valence electrons. The first-order chi connectivity index (χ1) is 13.6. The van der Waals surface area contributed by atoms with Crippen LogP contribution in [0.15, 0.2) is 54.7 Å². The lowest BCUT2D eigenvalue weighted by atomic mass is 10.1. The fourth-order valence-corrected chi connectivity index (χ4v) is 2.62. The molecule has 0 bridgehead atoms. The molecule has 0 amide bonds. The second-order valence-corrected chi connectivity index (χ2v) is 6.37. The largest absolute Gasteiger partial charge is 0.373 e. The normalized spacial score (nSPS) is 11.4. The smallest absolute Gasteiger partial charge is 0.129 e. The number of aryl methyl sites for hydroxylation is 3. The van der Waals surface area contributed by atoms with E-state index in [1.807, 2.05) is 64.3 Å². The highest BCUT2D eigenvalue weighted by Gasteiger charge is 2.08. The van der Waals surface area contributed by atoms with Crippen LogP contribution < -0.4 is 16.0 Å². The summed E-state index contributed by atoms with van der Waals surface area (Å²) < 4.78 is 0. The summed E-state index contributed by atoms with van der Waals surface area (Å²) in [7, 11) is 3.71. The van der Waals surface area contributed by atoms with Gasteiger partial charge in [0.25, 0.3) is 0 Å². The molecule has 4 heterocycles.